The van der Waals surface area contributed by atoms with Crippen LogP contribution in [0.2, 0.25) is 0 Å². The number of nitrogens with two attached hydrogens (primary N) is 1. The molecule has 2 aliphatic rings. The molecule has 1 unspecified atom stereocenters. The van der Waals surface area contributed by atoms with Crippen molar-refractivity contribution in [2.24, 2.45) is 5.73 Å². The summed E-state index contributed by atoms with van der Waals surface area (Å²) >= 11 is 0. The Labute approximate surface area is 198 Å². The fourth-order valence-corrected chi connectivity index (χ4v) is 4.58. The Bertz CT molecular complexity index is 1080. The van der Waals surface area contributed by atoms with Crippen molar-refractivity contribution in [1.29, 1.82) is 5.26 Å². The molecule has 0 radical (unpaired) electrons. The number of urea groups is 1. The first kappa shape index (κ1) is 24.9. The molecule has 3 heterocycles. The number of rotatable bonds is 5. The largest absolute Gasteiger partial charge is 0.384 e. The molecule has 0 saturated carbocycles. The average molecular weight is 468 g/mol. The van der Waals surface area contributed by atoms with Crippen molar-refractivity contribution < 1.29 is 14.0 Å². The Morgan fingerprint density at radius 3 is 2.59 bits per heavy atom. The van der Waals surface area contributed by atoms with Gasteiger partial charge in [-0.05, 0) is 63.5 Å². The molecule has 34 heavy (non-hydrogen) atoms. The predicted molar refractivity (Wildman–Crippen MR) is 129 cm³/mol. The fourth-order valence-electron chi connectivity index (χ4n) is 4.58. The summed E-state index contributed by atoms with van der Waals surface area (Å²) in [6.07, 6.45) is 5.42. The van der Waals surface area contributed by atoms with Gasteiger partial charge in [0.15, 0.2) is 0 Å². The summed E-state index contributed by atoms with van der Waals surface area (Å²) in [4.78, 5) is 29.2. The van der Waals surface area contributed by atoms with E-state index in [2.05, 4.69) is 25.8 Å². The van der Waals surface area contributed by atoms with E-state index < -0.39 is 11.6 Å². The Hall–Kier alpha value is -3.71. The number of carbonyl (C=O) groups is 2. The van der Waals surface area contributed by atoms with Gasteiger partial charge < -0.3 is 21.7 Å². The minimum Gasteiger partial charge on any atom is -0.384 e. The van der Waals surface area contributed by atoms with E-state index in [0.29, 0.717) is 30.0 Å². The minimum absolute atomic E-state index is 0.0170. The van der Waals surface area contributed by atoms with Crippen molar-refractivity contribution in [1.82, 2.24) is 9.88 Å². The summed E-state index contributed by atoms with van der Waals surface area (Å²) in [5.74, 6) is -0.308. The van der Waals surface area contributed by atoms with Crippen molar-refractivity contribution in [2.75, 3.05) is 35.6 Å². The Morgan fingerprint density at radius 2 is 2.03 bits per heavy atom. The number of amides is 3. The van der Waals surface area contributed by atoms with Crippen LogP contribution in [0.25, 0.3) is 0 Å². The number of nitrogens with one attached hydrogen (secondary N) is 3. The maximum Gasteiger partial charge on any atom is 0.316 e. The van der Waals surface area contributed by atoms with Crippen LogP contribution in [0.3, 0.4) is 0 Å². The number of benzene rings is 1. The molecular weight excluding hydrogens is 437 g/mol. The molecule has 1 aromatic carbocycles. The third-order valence-corrected chi connectivity index (χ3v) is 6.08. The molecule has 3 amide bonds. The predicted octanol–water partition coefficient (Wildman–Crippen LogP) is 3.74. The maximum atomic E-state index is 14.1. The first-order valence-corrected chi connectivity index (χ1v) is 11.4. The quantitative estimate of drug-likeness (QED) is 0.529. The zero-order chi connectivity index (χ0) is 24.7. The van der Waals surface area contributed by atoms with Crippen LogP contribution >= 0.6 is 0 Å². The maximum absolute atomic E-state index is 14.1. The average Bonchev–Trinajstić information content (AvgIpc) is 3.12. The van der Waals surface area contributed by atoms with Crippen LogP contribution < -0.4 is 21.7 Å². The summed E-state index contributed by atoms with van der Waals surface area (Å²) in [6, 6.07) is 7.24. The van der Waals surface area contributed by atoms with E-state index in [9.17, 15) is 14.0 Å². The highest BCUT2D eigenvalue weighted by molar-refractivity contribution is 6.08. The van der Waals surface area contributed by atoms with E-state index in [1.165, 1.54) is 30.8 Å². The number of hydrogen-bond acceptors (Lipinski definition) is 6. The van der Waals surface area contributed by atoms with Crippen molar-refractivity contribution in [3.63, 3.8) is 0 Å². The molecule has 1 fully saturated rings. The number of nitriles is 1. The van der Waals surface area contributed by atoms with Crippen molar-refractivity contribution in [3.05, 3.63) is 47.5 Å². The van der Waals surface area contributed by atoms with Gasteiger partial charge >= 0.3 is 6.03 Å². The lowest BCUT2D eigenvalue weighted by Gasteiger charge is -2.41. The van der Waals surface area contributed by atoms with Gasteiger partial charge in [-0.2, -0.15) is 5.26 Å². The van der Waals surface area contributed by atoms with Gasteiger partial charge in [-0.3, -0.25) is 9.69 Å². The van der Waals surface area contributed by atoms with Crippen LogP contribution in [0.5, 0.6) is 0 Å². The number of piperidine rings is 1. The lowest BCUT2D eigenvalue weighted by atomic mass is 9.84. The van der Waals surface area contributed by atoms with Gasteiger partial charge in [0.25, 0.3) is 0 Å². The molecule has 4 rings (SSSR count). The number of hydrogen-bond donors (Lipinski definition) is 4. The van der Waals surface area contributed by atoms with Gasteiger partial charge in [-0.1, -0.05) is 13.3 Å². The van der Waals surface area contributed by atoms with E-state index in [4.69, 9.17) is 11.0 Å². The Morgan fingerprint density at radius 1 is 1.29 bits per heavy atom. The number of carbonyl (C=O) groups excluding carboxylic acids is 2. The number of primary amides is 1. The summed E-state index contributed by atoms with van der Waals surface area (Å²) in [7, 11) is 0. The van der Waals surface area contributed by atoms with E-state index in [1.54, 1.807) is 6.07 Å². The Balaban J connectivity index is 0.000000229. The number of aromatic nitrogens is 1. The van der Waals surface area contributed by atoms with E-state index >= 15 is 0 Å². The number of nitrogens with zero attached hydrogens (tertiary/aromatic N) is 3. The van der Waals surface area contributed by atoms with E-state index in [0.717, 1.165) is 37.2 Å². The molecule has 1 atom stereocenters. The molecule has 9 nitrogen and oxygen atoms in total. The van der Waals surface area contributed by atoms with Gasteiger partial charge in [-0.25, -0.2) is 14.2 Å². The van der Waals surface area contributed by atoms with Crippen molar-refractivity contribution in [2.45, 2.75) is 45.1 Å². The number of anilines is 3. The minimum atomic E-state index is -0.720. The lowest BCUT2D eigenvalue weighted by molar-refractivity contribution is -0.129. The highest BCUT2D eigenvalue weighted by Crippen LogP contribution is 2.47. The molecule has 0 spiro atoms. The first-order valence-electron chi connectivity index (χ1n) is 11.4. The number of likely N-dealkylation sites (tertiary alicyclic amines) is 1. The van der Waals surface area contributed by atoms with E-state index in [1.807, 2.05) is 19.9 Å². The molecule has 1 saturated heterocycles. The second-order valence-corrected chi connectivity index (χ2v) is 8.16. The Kier molecular flexibility index (Phi) is 8.02. The second-order valence-electron chi connectivity index (χ2n) is 8.16. The number of fused-ring (bicyclic) bond motifs is 1. The molecule has 1 aromatic heterocycles. The van der Waals surface area contributed by atoms with Crippen LogP contribution in [0, 0.1) is 17.1 Å². The SMILES string of the molecule is CCNc1cc(F)cc2c1NC(=O)C2(CC)N1CCCCC1.N#Cc1ccc(NC(N)=O)cn1. The van der Waals surface area contributed by atoms with Crippen LogP contribution in [0.4, 0.5) is 26.2 Å². The fraction of sp³-hybridized carbons (Fsp3) is 0.417. The highest BCUT2D eigenvalue weighted by Gasteiger charge is 2.51. The summed E-state index contributed by atoms with van der Waals surface area (Å²) < 4.78 is 14.1. The van der Waals surface area contributed by atoms with Crippen LogP contribution in [0.1, 0.15) is 50.8 Å². The summed E-state index contributed by atoms with van der Waals surface area (Å²) in [5.41, 5.74) is 7.12. The van der Waals surface area contributed by atoms with Gasteiger partial charge in [0.2, 0.25) is 5.91 Å². The molecule has 0 aliphatic carbocycles. The summed E-state index contributed by atoms with van der Waals surface area (Å²) in [5, 5.41) is 16.9. The first-order chi connectivity index (χ1) is 16.3. The topological polar surface area (TPSA) is 136 Å². The smallest absolute Gasteiger partial charge is 0.316 e. The molecule has 2 aliphatic heterocycles. The zero-order valence-corrected chi connectivity index (χ0v) is 19.4. The molecule has 180 valence electrons. The van der Waals surface area contributed by atoms with Crippen LogP contribution in [-0.4, -0.2) is 41.5 Å². The normalized spacial score (nSPS) is 19.2. The van der Waals surface area contributed by atoms with Gasteiger partial charge in [0.1, 0.15) is 23.1 Å². The second kappa shape index (κ2) is 10.9. The molecule has 5 N–H and O–H groups in total. The molecule has 10 heteroatoms. The van der Waals surface area contributed by atoms with Gasteiger partial charge in [-0.15, -0.1) is 0 Å². The van der Waals surface area contributed by atoms with Crippen molar-refractivity contribution in [3.8, 4) is 6.07 Å². The molecule has 2 aromatic rings. The van der Waals surface area contributed by atoms with Crippen LogP contribution in [0.15, 0.2) is 30.5 Å². The zero-order valence-electron chi connectivity index (χ0n) is 19.4. The van der Waals surface area contributed by atoms with Gasteiger partial charge in [0, 0.05) is 12.1 Å². The monoisotopic (exact) mass is 467 g/mol. The third kappa shape index (κ3) is 5.10. The standard InChI is InChI=1S/C17H24FN3O.C7H6N4O/c1-3-17(21-8-6-5-7-9-21)13-10-12(18)11-14(19-4-2)15(13)20-16(17)22;8-3-5-1-2-6(4-10-5)11-7(9)12/h10-11,19H,3-9H2,1-2H3,(H,20,22);1-2,4H,(H3,9,11,12). The molecular formula is C24H30FN7O2. The van der Waals surface area contributed by atoms with Gasteiger partial charge in [0.05, 0.1) is 23.3 Å². The van der Waals surface area contributed by atoms with Crippen LogP contribution in [-0.2, 0) is 10.3 Å². The third-order valence-electron chi connectivity index (χ3n) is 6.08. The molecule has 0 bridgehead atoms. The lowest BCUT2D eigenvalue weighted by Crippen LogP contribution is -2.52. The van der Waals surface area contributed by atoms with E-state index in [-0.39, 0.29) is 11.7 Å². The summed E-state index contributed by atoms with van der Waals surface area (Å²) in [6.45, 7) is 6.46. The van der Waals surface area contributed by atoms with Crippen molar-refractivity contribution >= 4 is 29.0 Å². The highest BCUT2D eigenvalue weighted by atomic mass is 19.1. The number of pyridine rings is 1. The number of halogens is 1.